The van der Waals surface area contributed by atoms with Crippen LogP contribution >= 0.6 is 11.8 Å². The summed E-state index contributed by atoms with van der Waals surface area (Å²) in [6, 6.07) is 7.23. The lowest BCUT2D eigenvalue weighted by atomic mass is 10.1. The number of nitrogens with one attached hydrogen (secondary N) is 1. The molecule has 2 aromatic heterocycles. The summed E-state index contributed by atoms with van der Waals surface area (Å²) in [5.74, 6) is -0.195. The first kappa shape index (κ1) is 25.4. The van der Waals surface area contributed by atoms with E-state index in [1.807, 2.05) is 32.2 Å². The second kappa shape index (κ2) is 11.7. The molecule has 0 fully saturated rings. The van der Waals surface area contributed by atoms with Crippen LogP contribution < -0.4 is 5.32 Å². The van der Waals surface area contributed by atoms with Gasteiger partial charge in [-0.05, 0) is 50.5 Å². The first-order valence-electron chi connectivity index (χ1n) is 11.1. The van der Waals surface area contributed by atoms with Gasteiger partial charge in [0.25, 0.3) is 5.78 Å². The van der Waals surface area contributed by atoms with Crippen LogP contribution in [0.25, 0.3) is 5.78 Å². The molecule has 1 amide bonds. The lowest BCUT2D eigenvalue weighted by Crippen LogP contribution is -2.21. The molecule has 2 heterocycles. The maximum absolute atomic E-state index is 12.4. The normalized spacial score (nSPS) is 10.9. The summed E-state index contributed by atoms with van der Waals surface area (Å²) in [5, 5.41) is 7.81. The number of esters is 1. The van der Waals surface area contributed by atoms with Crippen molar-refractivity contribution in [3.8, 4) is 0 Å². The molecule has 0 radical (unpaired) electrons. The molecule has 0 saturated heterocycles. The molecule has 0 unspecified atom stereocenters. The Hall–Kier alpha value is -3.27. The lowest BCUT2D eigenvalue weighted by Gasteiger charge is -2.10. The number of thioether (sulfide) groups is 1. The van der Waals surface area contributed by atoms with Crippen LogP contribution in [0.4, 0.5) is 0 Å². The van der Waals surface area contributed by atoms with Gasteiger partial charge in [0.15, 0.2) is 12.4 Å². The first-order chi connectivity index (χ1) is 16.3. The molecule has 34 heavy (non-hydrogen) atoms. The largest absolute Gasteiger partial charge is 0.457 e. The van der Waals surface area contributed by atoms with Gasteiger partial charge < -0.3 is 10.1 Å². The fraction of sp³-hybridized carbons (Fsp3) is 0.417. The number of hydrogen-bond donors (Lipinski definition) is 1. The van der Waals surface area contributed by atoms with Crippen LogP contribution in [0.5, 0.6) is 0 Å². The second-order valence-electron chi connectivity index (χ2n) is 7.94. The van der Waals surface area contributed by atoms with E-state index in [9.17, 15) is 14.4 Å². The average Bonchev–Trinajstić information content (AvgIpc) is 3.23. The molecule has 1 N–H and O–H groups in total. The van der Waals surface area contributed by atoms with Gasteiger partial charge in [0.1, 0.15) is 0 Å². The number of rotatable bonds is 11. The number of amides is 1. The summed E-state index contributed by atoms with van der Waals surface area (Å²) in [4.78, 5) is 44.4. The van der Waals surface area contributed by atoms with Gasteiger partial charge in [0.2, 0.25) is 11.1 Å². The van der Waals surface area contributed by atoms with Gasteiger partial charge in [-0.1, -0.05) is 36.0 Å². The summed E-state index contributed by atoms with van der Waals surface area (Å²) < 4.78 is 6.90. The van der Waals surface area contributed by atoms with Crippen LogP contribution in [0.15, 0.2) is 29.4 Å². The third kappa shape index (κ3) is 6.63. The number of Topliss-reactive ketones (excluding diaryl/α,β-unsaturated/α-hetero) is 1. The van der Waals surface area contributed by atoms with Crippen LogP contribution in [-0.2, 0) is 27.2 Å². The maximum Gasteiger partial charge on any atom is 0.306 e. The highest BCUT2D eigenvalue weighted by molar-refractivity contribution is 7.98. The van der Waals surface area contributed by atoms with E-state index in [-0.39, 0.29) is 24.7 Å². The van der Waals surface area contributed by atoms with Gasteiger partial charge in [-0.15, -0.1) is 5.10 Å². The Kier molecular flexibility index (Phi) is 8.75. The van der Waals surface area contributed by atoms with Gasteiger partial charge in [-0.25, -0.2) is 9.50 Å². The van der Waals surface area contributed by atoms with E-state index in [1.165, 1.54) is 18.7 Å². The number of aromatic nitrogens is 4. The van der Waals surface area contributed by atoms with Crippen LogP contribution in [0.1, 0.15) is 52.6 Å². The van der Waals surface area contributed by atoms with Crippen molar-refractivity contribution in [3.05, 3.63) is 52.3 Å². The molecule has 1 aromatic carbocycles. The third-order valence-electron chi connectivity index (χ3n) is 5.45. The maximum atomic E-state index is 12.4. The molecule has 0 atom stereocenters. The van der Waals surface area contributed by atoms with E-state index in [0.717, 1.165) is 35.4 Å². The van der Waals surface area contributed by atoms with Crippen LogP contribution in [-0.4, -0.2) is 56.6 Å². The van der Waals surface area contributed by atoms with Gasteiger partial charge in [-0.2, -0.15) is 4.98 Å². The Morgan fingerprint density at radius 2 is 1.82 bits per heavy atom. The van der Waals surface area contributed by atoms with E-state index in [0.29, 0.717) is 29.5 Å². The Bertz CT molecular complexity index is 1190. The van der Waals surface area contributed by atoms with E-state index in [2.05, 4.69) is 20.4 Å². The second-order valence-corrected chi connectivity index (χ2v) is 8.71. The van der Waals surface area contributed by atoms with E-state index < -0.39 is 5.97 Å². The van der Waals surface area contributed by atoms with Crippen LogP contribution in [0, 0.1) is 13.8 Å². The molecule has 10 heteroatoms. The number of hydrogen-bond acceptors (Lipinski definition) is 8. The van der Waals surface area contributed by atoms with Crippen molar-refractivity contribution < 1.29 is 19.1 Å². The number of fused-ring (bicyclic) bond motifs is 1. The molecule has 0 aliphatic rings. The summed E-state index contributed by atoms with van der Waals surface area (Å²) in [6.07, 6.45) is 4.10. The molecule has 3 rings (SSSR count). The highest BCUT2D eigenvalue weighted by Gasteiger charge is 2.16. The van der Waals surface area contributed by atoms with Gasteiger partial charge in [0.05, 0.1) is 0 Å². The standard InChI is InChI=1S/C24H29N5O4S/c1-15-20(16(2)29-23(26-15)27-24(28-29)34-4)11-12-22(32)33-14-21(31)19-9-7-18(8-10-19)6-5-13-25-17(3)30/h7-10H,5-6,11-14H2,1-4H3,(H,25,30). The zero-order valence-electron chi connectivity index (χ0n) is 19.9. The Morgan fingerprint density at radius 1 is 1.09 bits per heavy atom. The van der Waals surface area contributed by atoms with Crippen molar-refractivity contribution in [1.29, 1.82) is 0 Å². The summed E-state index contributed by atoms with van der Waals surface area (Å²) in [6.45, 7) is 5.62. The molecule has 0 bridgehead atoms. The van der Waals surface area contributed by atoms with Gasteiger partial charge in [-0.3, -0.25) is 14.4 Å². The Balaban J connectivity index is 1.48. The molecular formula is C24H29N5O4S. The minimum atomic E-state index is -0.440. The van der Waals surface area contributed by atoms with Crippen molar-refractivity contribution in [2.75, 3.05) is 19.4 Å². The number of carbonyl (C=O) groups is 3. The topological polar surface area (TPSA) is 116 Å². The van der Waals surface area contributed by atoms with Gasteiger partial charge >= 0.3 is 5.97 Å². The van der Waals surface area contributed by atoms with Crippen molar-refractivity contribution >= 4 is 35.2 Å². The molecule has 0 aliphatic carbocycles. The molecule has 0 saturated carbocycles. The Labute approximate surface area is 202 Å². The predicted octanol–water partition coefficient (Wildman–Crippen LogP) is 2.89. The fourth-order valence-corrected chi connectivity index (χ4v) is 3.92. The monoisotopic (exact) mass is 483 g/mol. The highest BCUT2D eigenvalue weighted by Crippen LogP contribution is 2.18. The molecule has 3 aromatic rings. The van der Waals surface area contributed by atoms with Crippen molar-refractivity contribution in [1.82, 2.24) is 24.9 Å². The minimum Gasteiger partial charge on any atom is -0.457 e. The van der Waals surface area contributed by atoms with E-state index in [4.69, 9.17) is 4.74 Å². The molecule has 0 aliphatic heterocycles. The van der Waals surface area contributed by atoms with Crippen molar-refractivity contribution in [3.63, 3.8) is 0 Å². The molecule has 9 nitrogen and oxygen atoms in total. The number of ketones is 1. The number of aryl methyl sites for hydroxylation is 3. The van der Waals surface area contributed by atoms with Crippen molar-refractivity contribution in [2.24, 2.45) is 0 Å². The zero-order valence-corrected chi connectivity index (χ0v) is 20.7. The SMILES string of the molecule is CSc1nc2nc(C)c(CCC(=O)OCC(=O)c3ccc(CCCNC(C)=O)cc3)c(C)n2n1. The van der Waals surface area contributed by atoms with Gasteiger partial charge in [0, 0.05) is 36.8 Å². The molecular weight excluding hydrogens is 454 g/mol. The lowest BCUT2D eigenvalue weighted by molar-refractivity contribution is -0.142. The molecule has 180 valence electrons. The summed E-state index contributed by atoms with van der Waals surface area (Å²) >= 11 is 1.44. The predicted molar refractivity (Wildman–Crippen MR) is 129 cm³/mol. The minimum absolute atomic E-state index is 0.0431. The zero-order chi connectivity index (χ0) is 24.7. The quantitative estimate of drug-likeness (QED) is 0.192. The van der Waals surface area contributed by atoms with E-state index >= 15 is 0 Å². The van der Waals surface area contributed by atoms with Crippen LogP contribution in [0.2, 0.25) is 0 Å². The van der Waals surface area contributed by atoms with E-state index in [1.54, 1.807) is 16.6 Å². The number of nitrogens with zero attached hydrogens (tertiary/aromatic N) is 4. The number of carbonyl (C=O) groups excluding carboxylic acids is 3. The fourth-order valence-electron chi connectivity index (χ4n) is 3.58. The number of benzene rings is 1. The highest BCUT2D eigenvalue weighted by atomic mass is 32.2. The first-order valence-corrected chi connectivity index (χ1v) is 12.3. The average molecular weight is 484 g/mol. The summed E-state index contributed by atoms with van der Waals surface area (Å²) in [7, 11) is 0. The smallest absolute Gasteiger partial charge is 0.306 e. The van der Waals surface area contributed by atoms with Crippen LogP contribution in [0.3, 0.4) is 0 Å². The van der Waals surface area contributed by atoms with Crippen molar-refractivity contribution in [2.45, 2.75) is 51.6 Å². The number of ether oxygens (including phenoxy) is 1. The molecule has 0 spiro atoms. The Morgan fingerprint density at radius 3 is 2.50 bits per heavy atom. The third-order valence-corrected chi connectivity index (χ3v) is 5.99. The summed E-state index contributed by atoms with van der Waals surface area (Å²) in [5.41, 5.74) is 4.17.